The Kier molecular flexibility index (Phi) is 9.38. The summed E-state index contributed by atoms with van der Waals surface area (Å²) in [6.07, 6.45) is 0.249. The molecule has 1 unspecified atom stereocenters. The summed E-state index contributed by atoms with van der Waals surface area (Å²) in [6.45, 7) is 1.72. The molecule has 7 nitrogen and oxygen atoms in total. The zero-order valence-electron chi connectivity index (χ0n) is 14.2. The Balaban J connectivity index is 2.40. The van der Waals surface area contributed by atoms with Crippen molar-refractivity contribution in [3.8, 4) is 5.75 Å². The van der Waals surface area contributed by atoms with E-state index in [0.717, 1.165) is 4.47 Å². The number of benzene rings is 1. The van der Waals surface area contributed by atoms with Crippen LogP contribution < -0.4 is 10.1 Å². The van der Waals surface area contributed by atoms with Gasteiger partial charge < -0.3 is 15.2 Å². The molecule has 1 atom stereocenters. The summed E-state index contributed by atoms with van der Waals surface area (Å²) >= 11 is 9.29. The minimum atomic E-state index is -3.29. The van der Waals surface area contributed by atoms with Gasteiger partial charge in [-0.25, -0.2) is 13.2 Å². The number of amides is 1. The van der Waals surface area contributed by atoms with Gasteiger partial charge in [0.2, 0.25) is 5.91 Å². The molecule has 0 bridgehead atoms. The SMILES string of the molecule is CCS(=O)(=O)CCC(NC(=O)CCCOc1ccc(Br)cc1Cl)C(=O)O. The molecule has 0 heterocycles. The van der Waals surface area contributed by atoms with E-state index in [-0.39, 0.29) is 31.0 Å². The third kappa shape index (κ3) is 8.37. The van der Waals surface area contributed by atoms with Crippen LogP contribution in [0.1, 0.15) is 26.2 Å². The summed E-state index contributed by atoms with van der Waals surface area (Å²) in [7, 11) is -3.29. The minimum absolute atomic E-state index is 0.0540. The lowest BCUT2D eigenvalue weighted by atomic mass is 10.2. The third-order valence-corrected chi connectivity index (χ3v) is 6.02. The molecule has 0 aliphatic heterocycles. The number of carboxylic acid groups (broad SMARTS) is 1. The quantitative estimate of drug-likeness (QED) is 0.481. The summed E-state index contributed by atoms with van der Waals surface area (Å²) in [6, 6.07) is 3.92. The van der Waals surface area contributed by atoms with Crippen molar-refractivity contribution in [1.29, 1.82) is 0 Å². The van der Waals surface area contributed by atoms with Crippen LogP contribution in [0, 0.1) is 0 Å². The van der Waals surface area contributed by atoms with Crippen LogP contribution in [0.25, 0.3) is 0 Å². The lowest BCUT2D eigenvalue weighted by Crippen LogP contribution is -2.42. The van der Waals surface area contributed by atoms with E-state index < -0.39 is 27.8 Å². The number of halogens is 2. The van der Waals surface area contributed by atoms with Crippen molar-refractivity contribution in [2.24, 2.45) is 0 Å². The number of hydrogen-bond acceptors (Lipinski definition) is 5. The van der Waals surface area contributed by atoms with E-state index in [1.165, 1.54) is 6.92 Å². The first-order chi connectivity index (χ1) is 12.1. The molecular weight excluding hydrogens is 450 g/mol. The third-order valence-electron chi connectivity index (χ3n) is 3.49. The second-order valence-electron chi connectivity index (χ2n) is 5.51. The van der Waals surface area contributed by atoms with Crippen LogP contribution in [-0.4, -0.2) is 49.6 Å². The van der Waals surface area contributed by atoms with E-state index >= 15 is 0 Å². The predicted molar refractivity (Wildman–Crippen MR) is 102 cm³/mol. The topological polar surface area (TPSA) is 110 Å². The lowest BCUT2D eigenvalue weighted by molar-refractivity contribution is -0.141. The maximum Gasteiger partial charge on any atom is 0.326 e. The average Bonchev–Trinajstić information content (AvgIpc) is 2.56. The fourth-order valence-corrected chi connectivity index (χ4v) is 3.58. The maximum absolute atomic E-state index is 11.9. The van der Waals surface area contributed by atoms with E-state index in [4.69, 9.17) is 21.4 Å². The van der Waals surface area contributed by atoms with Gasteiger partial charge in [-0.15, -0.1) is 0 Å². The molecule has 0 saturated carbocycles. The van der Waals surface area contributed by atoms with Gasteiger partial charge in [-0.3, -0.25) is 4.79 Å². The number of carbonyl (C=O) groups is 2. The Bertz CT molecular complexity index is 740. The van der Waals surface area contributed by atoms with Gasteiger partial charge in [0.1, 0.15) is 21.6 Å². The molecular formula is C16H21BrClNO6S. The van der Waals surface area contributed by atoms with Gasteiger partial charge in [0, 0.05) is 16.6 Å². The summed E-state index contributed by atoms with van der Waals surface area (Å²) in [4.78, 5) is 23.0. The van der Waals surface area contributed by atoms with Gasteiger partial charge in [0.15, 0.2) is 0 Å². The predicted octanol–water partition coefficient (Wildman–Crippen LogP) is 2.66. The van der Waals surface area contributed by atoms with Gasteiger partial charge >= 0.3 is 5.97 Å². The molecule has 10 heteroatoms. The Morgan fingerprint density at radius 3 is 2.65 bits per heavy atom. The molecule has 0 aromatic heterocycles. The largest absolute Gasteiger partial charge is 0.492 e. The zero-order chi connectivity index (χ0) is 19.7. The van der Waals surface area contributed by atoms with Crippen molar-refractivity contribution in [2.45, 2.75) is 32.2 Å². The molecule has 2 N–H and O–H groups in total. The highest BCUT2D eigenvalue weighted by Gasteiger charge is 2.22. The molecule has 1 amide bonds. The average molecular weight is 471 g/mol. The van der Waals surface area contributed by atoms with E-state index in [1.54, 1.807) is 18.2 Å². The zero-order valence-corrected chi connectivity index (χ0v) is 17.4. The highest BCUT2D eigenvalue weighted by atomic mass is 79.9. The van der Waals surface area contributed by atoms with E-state index in [2.05, 4.69) is 21.2 Å². The molecule has 1 aromatic rings. The first-order valence-corrected chi connectivity index (χ1v) is 10.9. The molecule has 0 fully saturated rings. The van der Waals surface area contributed by atoms with Crippen LogP contribution in [0.5, 0.6) is 5.75 Å². The van der Waals surface area contributed by atoms with Crippen molar-refractivity contribution in [1.82, 2.24) is 5.32 Å². The molecule has 0 aliphatic carbocycles. The first kappa shape index (κ1) is 22.7. The molecule has 0 aliphatic rings. The highest BCUT2D eigenvalue weighted by Crippen LogP contribution is 2.27. The summed E-state index contributed by atoms with van der Waals surface area (Å²) in [5.74, 6) is -1.60. The Morgan fingerprint density at radius 1 is 1.38 bits per heavy atom. The van der Waals surface area contributed by atoms with Gasteiger partial charge in [-0.05, 0) is 31.0 Å². The van der Waals surface area contributed by atoms with Crippen LogP contribution in [0.15, 0.2) is 22.7 Å². The van der Waals surface area contributed by atoms with Crippen molar-refractivity contribution in [3.05, 3.63) is 27.7 Å². The molecule has 146 valence electrons. The van der Waals surface area contributed by atoms with E-state index in [0.29, 0.717) is 17.2 Å². The maximum atomic E-state index is 11.9. The van der Waals surface area contributed by atoms with Gasteiger partial charge in [-0.2, -0.15) is 0 Å². The second kappa shape index (κ2) is 10.7. The van der Waals surface area contributed by atoms with E-state index in [9.17, 15) is 18.0 Å². The normalized spacial score (nSPS) is 12.4. The molecule has 1 rings (SSSR count). The number of hydrogen-bond donors (Lipinski definition) is 2. The van der Waals surface area contributed by atoms with Crippen LogP contribution in [0.2, 0.25) is 5.02 Å². The van der Waals surface area contributed by atoms with Crippen LogP contribution >= 0.6 is 27.5 Å². The number of aliphatic carboxylic acids is 1. The minimum Gasteiger partial charge on any atom is -0.492 e. The van der Waals surface area contributed by atoms with Gasteiger partial charge in [-0.1, -0.05) is 34.5 Å². The lowest BCUT2D eigenvalue weighted by Gasteiger charge is -2.14. The number of carboxylic acids is 1. The van der Waals surface area contributed by atoms with Crippen LogP contribution in [-0.2, 0) is 19.4 Å². The van der Waals surface area contributed by atoms with Gasteiger partial charge in [0.05, 0.1) is 17.4 Å². The Morgan fingerprint density at radius 2 is 2.08 bits per heavy atom. The van der Waals surface area contributed by atoms with Crippen LogP contribution in [0.4, 0.5) is 0 Å². The Labute approximate surface area is 166 Å². The fourth-order valence-electron chi connectivity index (χ4n) is 1.97. The second-order valence-corrected chi connectivity index (χ2v) is 9.31. The summed E-state index contributed by atoms with van der Waals surface area (Å²) < 4.78 is 29.2. The first-order valence-electron chi connectivity index (χ1n) is 7.95. The van der Waals surface area contributed by atoms with Crippen molar-refractivity contribution in [3.63, 3.8) is 0 Å². The Hall–Kier alpha value is -1.32. The number of sulfone groups is 1. The van der Waals surface area contributed by atoms with Crippen molar-refractivity contribution >= 4 is 49.2 Å². The van der Waals surface area contributed by atoms with Crippen molar-refractivity contribution < 1.29 is 27.9 Å². The summed E-state index contributed by atoms with van der Waals surface area (Å²) in [5.41, 5.74) is 0. The molecule has 26 heavy (non-hydrogen) atoms. The number of carbonyl (C=O) groups excluding carboxylic acids is 1. The van der Waals surface area contributed by atoms with Gasteiger partial charge in [0.25, 0.3) is 0 Å². The smallest absolute Gasteiger partial charge is 0.326 e. The number of ether oxygens (including phenoxy) is 1. The highest BCUT2D eigenvalue weighted by molar-refractivity contribution is 9.10. The summed E-state index contributed by atoms with van der Waals surface area (Å²) in [5, 5.41) is 11.9. The molecule has 0 radical (unpaired) electrons. The van der Waals surface area contributed by atoms with Crippen molar-refractivity contribution in [2.75, 3.05) is 18.1 Å². The van der Waals surface area contributed by atoms with E-state index in [1.807, 2.05) is 0 Å². The monoisotopic (exact) mass is 469 g/mol. The number of rotatable bonds is 11. The standard InChI is InChI=1S/C16H21BrClNO6S/c1-2-26(23,24)9-7-13(16(21)22)19-15(20)4-3-8-25-14-6-5-11(17)10-12(14)18/h5-6,10,13H,2-4,7-9H2,1H3,(H,19,20)(H,21,22). The molecule has 0 spiro atoms. The van der Waals surface area contributed by atoms with Crippen LogP contribution in [0.3, 0.4) is 0 Å². The number of nitrogens with one attached hydrogen (secondary N) is 1. The molecule has 0 saturated heterocycles. The molecule has 1 aromatic carbocycles. The fraction of sp³-hybridized carbons (Fsp3) is 0.500.